The quantitative estimate of drug-likeness (QED) is 0.724. The first kappa shape index (κ1) is 18.7. The zero-order valence-electron chi connectivity index (χ0n) is 14.2. The van der Waals surface area contributed by atoms with Crippen LogP contribution in [0.5, 0.6) is 0 Å². The molecule has 1 heterocycles. The lowest BCUT2D eigenvalue weighted by atomic mass is 9.99. The molecule has 2 aromatic carbocycles. The minimum absolute atomic E-state index is 0.0103. The molecule has 3 nitrogen and oxygen atoms in total. The van der Waals surface area contributed by atoms with Crippen LogP contribution in [-0.2, 0) is 26.1 Å². The minimum Gasteiger partial charge on any atom is -0.327 e. The maximum atomic E-state index is 12.6. The maximum Gasteiger partial charge on any atom is 0.416 e. The molecule has 138 valence electrons. The van der Waals surface area contributed by atoms with Gasteiger partial charge in [0.05, 0.1) is 15.8 Å². The van der Waals surface area contributed by atoms with Crippen LogP contribution >= 0.6 is 11.3 Å². The summed E-state index contributed by atoms with van der Waals surface area (Å²) in [5, 5.41) is 0. The highest BCUT2D eigenvalue weighted by Crippen LogP contribution is 2.29. The Labute approximate surface area is 152 Å². The van der Waals surface area contributed by atoms with E-state index in [1.54, 1.807) is 11.6 Å². The Morgan fingerprint density at radius 3 is 2.42 bits per heavy atom. The van der Waals surface area contributed by atoms with Gasteiger partial charge in [-0.2, -0.15) is 13.2 Å². The van der Waals surface area contributed by atoms with Gasteiger partial charge in [-0.3, -0.25) is 4.79 Å². The highest BCUT2D eigenvalue weighted by molar-refractivity contribution is 7.16. The summed E-state index contributed by atoms with van der Waals surface area (Å²) in [6.07, 6.45) is -2.32. The first-order chi connectivity index (χ1) is 12.2. The molecule has 0 saturated carbocycles. The highest BCUT2D eigenvalue weighted by atomic mass is 32.1. The van der Waals surface area contributed by atoms with Gasteiger partial charge >= 0.3 is 11.0 Å². The van der Waals surface area contributed by atoms with E-state index in [1.807, 2.05) is 18.2 Å². The zero-order chi connectivity index (χ0) is 18.9. The number of nitrogens with zero attached hydrogens (tertiary/aromatic N) is 1. The van der Waals surface area contributed by atoms with Gasteiger partial charge in [0.25, 0.3) is 0 Å². The molecule has 2 N–H and O–H groups in total. The Hall–Kier alpha value is -2.12. The zero-order valence-corrected chi connectivity index (χ0v) is 15.0. The van der Waals surface area contributed by atoms with Crippen LogP contribution in [0.25, 0.3) is 10.2 Å². The Bertz CT molecular complexity index is 958. The topological polar surface area (TPSA) is 48.0 Å². The van der Waals surface area contributed by atoms with Crippen molar-refractivity contribution in [1.82, 2.24) is 4.57 Å². The van der Waals surface area contributed by atoms with Crippen molar-refractivity contribution in [2.45, 2.75) is 31.5 Å². The number of aryl methyl sites for hydroxylation is 2. The lowest BCUT2D eigenvalue weighted by Crippen LogP contribution is -2.23. The number of rotatable bonds is 5. The Balaban J connectivity index is 1.60. The Morgan fingerprint density at radius 1 is 1.12 bits per heavy atom. The van der Waals surface area contributed by atoms with E-state index in [4.69, 9.17) is 5.73 Å². The summed E-state index contributed by atoms with van der Waals surface area (Å²) in [4.78, 5) is 11.7. The molecule has 0 aliphatic rings. The SMILES string of the molecule is Cn1c(=O)sc2cc(CCC(N)Cc3ccc(C(F)(F)F)cc3)ccc21. The fourth-order valence-corrected chi connectivity index (χ4v) is 3.86. The first-order valence-corrected chi connectivity index (χ1v) is 9.06. The van der Waals surface area contributed by atoms with Crippen LogP contribution in [0.1, 0.15) is 23.1 Å². The summed E-state index contributed by atoms with van der Waals surface area (Å²) in [6, 6.07) is 10.9. The minimum atomic E-state index is -4.32. The lowest BCUT2D eigenvalue weighted by molar-refractivity contribution is -0.137. The molecular weight excluding hydrogens is 361 g/mol. The molecule has 26 heavy (non-hydrogen) atoms. The number of thiazole rings is 1. The summed E-state index contributed by atoms with van der Waals surface area (Å²) in [7, 11) is 1.75. The van der Waals surface area contributed by atoms with Crippen molar-refractivity contribution in [3.8, 4) is 0 Å². The van der Waals surface area contributed by atoms with Gasteiger partial charge in [-0.05, 0) is 54.7 Å². The van der Waals surface area contributed by atoms with E-state index in [0.29, 0.717) is 12.8 Å². The van der Waals surface area contributed by atoms with Crippen molar-refractivity contribution in [2.24, 2.45) is 12.8 Å². The summed E-state index contributed by atoms with van der Waals surface area (Å²) < 4.78 is 40.3. The van der Waals surface area contributed by atoms with E-state index in [0.717, 1.165) is 39.9 Å². The molecular formula is C19H19F3N2OS. The van der Waals surface area contributed by atoms with Crippen LogP contribution in [0.2, 0.25) is 0 Å². The number of hydrogen-bond donors (Lipinski definition) is 1. The second-order valence-electron chi connectivity index (χ2n) is 6.43. The van der Waals surface area contributed by atoms with Gasteiger partial charge in [0.1, 0.15) is 0 Å². The fraction of sp³-hybridized carbons (Fsp3) is 0.316. The van der Waals surface area contributed by atoms with E-state index in [1.165, 1.54) is 23.5 Å². The summed E-state index contributed by atoms with van der Waals surface area (Å²) in [5.41, 5.74) is 8.30. The van der Waals surface area contributed by atoms with Crippen molar-refractivity contribution in [3.05, 3.63) is 68.8 Å². The van der Waals surface area contributed by atoms with Gasteiger partial charge in [-0.15, -0.1) is 0 Å². The van der Waals surface area contributed by atoms with Gasteiger partial charge in [-0.25, -0.2) is 0 Å². The van der Waals surface area contributed by atoms with Crippen LogP contribution in [0.15, 0.2) is 47.3 Å². The summed E-state index contributed by atoms with van der Waals surface area (Å²) in [6.45, 7) is 0. The molecule has 1 atom stereocenters. The molecule has 3 aromatic rings. The second-order valence-corrected chi connectivity index (χ2v) is 7.42. The van der Waals surface area contributed by atoms with Gasteiger partial charge in [0, 0.05) is 13.1 Å². The number of halogens is 3. The molecule has 0 amide bonds. The molecule has 0 spiro atoms. The van der Waals surface area contributed by atoms with Crippen LogP contribution in [0, 0.1) is 0 Å². The number of hydrogen-bond acceptors (Lipinski definition) is 3. The van der Waals surface area contributed by atoms with Gasteiger partial charge < -0.3 is 10.3 Å². The number of alkyl halides is 3. The lowest BCUT2D eigenvalue weighted by Gasteiger charge is -2.13. The van der Waals surface area contributed by atoms with E-state index in [-0.39, 0.29) is 10.9 Å². The van der Waals surface area contributed by atoms with Crippen LogP contribution < -0.4 is 10.6 Å². The van der Waals surface area contributed by atoms with Crippen LogP contribution in [-0.4, -0.2) is 10.6 Å². The molecule has 0 bridgehead atoms. The monoisotopic (exact) mass is 380 g/mol. The van der Waals surface area contributed by atoms with Gasteiger partial charge in [-0.1, -0.05) is 29.5 Å². The average Bonchev–Trinajstić information content (AvgIpc) is 2.86. The molecule has 0 radical (unpaired) electrons. The van der Waals surface area contributed by atoms with Crippen molar-refractivity contribution in [3.63, 3.8) is 0 Å². The van der Waals surface area contributed by atoms with Crippen LogP contribution in [0.3, 0.4) is 0 Å². The van der Waals surface area contributed by atoms with E-state index >= 15 is 0 Å². The third-order valence-electron chi connectivity index (χ3n) is 4.44. The largest absolute Gasteiger partial charge is 0.416 e. The summed E-state index contributed by atoms with van der Waals surface area (Å²) >= 11 is 1.22. The molecule has 1 aromatic heterocycles. The number of fused-ring (bicyclic) bond motifs is 1. The van der Waals surface area contributed by atoms with Gasteiger partial charge in [0.2, 0.25) is 0 Å². The van der Waals surface area contributed by atoms with Crippen molar-refractivity contribution in [2.75, 3.05) is 0 Å². The van der Waals surface area contributed by atoms with Crippen molar-refractivity contribution >= 4 is 21.6 Å². The van der Waals surface area contributed by atoms with Gasteiger partial charge in [0.15, 0.2) is 0 Å². The maximum absolute atomic E-state index is 12.6. The number of nitrogens with two attached hydrogens (primary N) is 1. The molecule has 0 fully saturated rings. The third-order valence-corrected chi connectivity index (χ3v) is 5.44. The fourth-order valence-electron chi connectivity index (χ4n) is 2.92. The van der Waals surface area contributed by atoms with E-state index in [2.05, 4.69) is 0 Å². The highest BCUT2D eigenvalue weighted by Gasteiger charge is 2.29. The molecule has 0 aliphatic carbocycles. The van der Waals surface area contributed by atoms with E-state index in [9.17, 15) is 18.0 Å². The standard InChI is InChI=1S/C19H19F3N2OS/c1-24-16-9-5-13(11-17(16)26-18(24)25)4-8-15(23)10-12-2-6-14(7-3-12)19(20,21)22/h2-3,5-7,9,11,15H,4,8,10,23H2,1H3. The predicted molar refractivity (Wildman–Crippen MR) is 98.5 cm³/mol. The Morgan fingerprint density at radius 2 is 1.77 bits per heavy atom. The number of aromatic nitrogens is 1. The molecule has 1 unspecified atom stereocenters. The molecule has 0 aliphatic heterocycles. The van der Waals surface area contributed by atoms with Crippen molar-refractivity contribution in [1.29, 1.82) is 0 Å². The second kappa shape index (κ2) is 7.25. The normalized spacial score (nSPS) is 13.3. The van der Waals surface area contributed by atoms with E-state index < -0.39 is 11.7 Å². The molecule has 7 heteroatoms. The molecule has 0 saturated heterocycles. The smallest absolute Gasteiger partial charge is 0.327 e. The Kier molecular flexibility index (Phi) is 5.20. The molecule has 3 rings (SSSR count). The van der Waals surface area contributed by atoms with Crippen LogP contribution in [0.4, 0.5) is 13.2 Å². The number of benzene rings is 2. The average molecular weight is 380 g/mol. The predicted octanol–water partition coefficient (Wildman–Crippen LogP) is 4.12. The van der Waals surface area contributed by atoms with Crippen molar-refractivity contribution < 1.29 is 13.2 Å². The first-order valence-electron chi connectivity index (χ1n) is 8.24. The summed E-state index contributed by atoms with van der Waals surface area (Å²) in [5.74, 6) is 0. The third kappa shape index (κ3) is 4.16.